The number of anilines is 1. The van der Waals surface area contributed by atoms with Crippen molar-refractivity contribution in [1.29, 1.82) is 0 Å². The number of hydrogen-bond donors (Lipinski definition) is 2. The molecule has 0 unspecified atom stereocenters. The first-order chi connectivity index (χ1) is 9.08. The molecule has 0 atom stereocenters. The lowest BCUT2D eigenvalue weighted by molar-refractivity contribution is 0.0951. The number of nitrogen functional groups attached to an aromatic ring is 1. The van der Waals surface area contributed by atoms with E-state index in [1.54, 1.807) is 29.7 Å². The van der Waals surface area contributed by atoms with Crippen LogP contribution >= 0.6 is 11.3 Å². The maximum atomic E-state index is 12.0. The molecule has 0 aliphatic rings. The molecular formula is C13H16N4OS. The van der Waals surface area contributed by atoms with Crippen molar-refractivity contribution in [3.63, 3.8) is 0 Å². The first-order valence-electron chi connectivity index (χ1n) is 6.04. The summed E-state index contributed by atoms with van der Waals surface area (Å²) in [5.74, 6) is 0.230. The van der Waals surface area contributed by atoms with Crippen LogP contribution in [-0.4, -0.2) is 15.9 Å². The van der Waals surface area contributed by atoms with E-state index in [1.807, 2.05) is 13.8 Å². The molecule has 5 nitrogen and oxygen atoms in total. The number of aromatic nitrogens is 2. The zero-order valence-electron chi connectivity index (χ0n) is 10.9. The van der Waals surface area contributed by atoms with Crippen LogP contribution in [-0.2, 0) is 13.0 Å². The molecule has 0 saturated carbocycles. The van der Waals surface area contributed by atoms with Crippen LogP contribution in [0, 0.1) is 6.92 Å². The van der Waals surface area contributed by atoms with Gasteiger partial charge in [0, 0.05) is 22.3 Å². The van der Waals surface area contributed by atoms with Gasteiger partial charge in [0.15, 0.2) is 0 Å². The standard InChI is InChI=1S/C13H16N4OS/c1-3-10-4-9(5-12(14)17-10)13(18)16-7-11-6-15-8(2)19-11/h4-6H,3,7H2,1-2H3,(H2,14,17)(H,16,18). The van der Waals surface area contributed by atoms with E-state index in [4.69, 9.17) is 5.73 Å². The molecule has 0 aliphatic heterocycles. The molecule has 2 aromatic heterocycles. The number of carbonyl (C=O) groups is 1. The maximum Gasteiger partial charge on any atom is 0.251 e. The highest BCUT2D eigenvalue weighted by atomic mass is 32.1. The number of nitrogens with zero attached hydrogens (tertiary/aromatic N) is 2. The molecule has 0 bridgehead atoms. The Morgan fingerprint density at radius 3 is 2.89 bits per heavy atom. The number of hydrogen-bond acceptors (Lipinski definition) is 5. The van der Waals surface area contributed by atoms with E-state index in [1.165, 1.54) is 0 Å². The van der Waals surface area contributed by atoms with Crippen LogP contribution < -0.4 is 11.1 Å². The molecule has 100 valence electrons. The number of rotatable bonds is 4. The number of carbonyl (C=O) groups excluding carboxylic acids is 1. The van der Waals surface area contributed by atoms with Gasteiger partial charge in [0.25, 0.3) is 5.91 Å². The zero-order valence-corrected chi connectivity index (χ0v) is 11.8. The van der Waals surface area contributed by atoms with Gasteiger partial charge in [-0.05, 0) is 25.5 Å². The summed E-state index contributed by atoms with van der Waals surface area (Å²) >= 11 is 1.57. The summed E-state index contributed by atoms with van der Waals surface area (Å²) in [6, 6.07) is 3.36. The Morgan fingerprint density at radius 1 is 1.47 bits per heavy atom. The maximum absolute atomic E-state index is 12.0. The number of aryl methyl sites for hydroxylation is 2. The number of nitrogens with one attached hydrogen (secondary N) is 1. The average Bonchev–Trinajstić information content (AvgIpc) is 2.81. The fourth-order valence-corrected chi connectivity index (χ4v) is 2.41. The number of thiazole rings is 1. The molecule has 6 heteroatoms. The van der Waals surface area contributed by atoms with Crippen molar-refractivity contribution in [1.82, 2.24) is 15.3 Å². The Hall–Kier alpha value is -1.95. The highest BCUT2D eigenvalue weighted by molar-refractivity contribution is 7.11. The van der Waals surface area contributed by atoms with Gasteiger partial charge in [0.2, 0.25) is 0 Å². The highest BCUT2D eigenvalue weighted by Crippen LogP contribution is 2.12. The molecule has 2 heterocycles. The third-order valence-electron chi connectivity index (χ3n) is 2.61. The highest BCUT2D eigenvalue weighted by Gasteiger charge is 2.09. The first-order valence-corrected chi connectivity index (χ1v) is 6.86. The molecule has 19 heavy (non-hydrogen) atoms. The Balaban J connectivity index is 2.05. The predicted octanol–water partition coefficient (Wildman–Crippen LogP) is 1.92. The second kappa shape index (κ2) is 5.79. The fraction of sp³-hybridized carbons (Fsp3) is 0.308. The first kappa shape index (κ1) is 13.5. The van der Waals surface area contributed by atoms with Crippen molar-refractivity contribution in [2.24, 2.45) is 0 Å². The number of pyridine rings is 1. The molecule has 2 rings (SSSR count). The van der Waals surface area contributed by atoms with E-state index < -0.39 is 0 Å². The molecule has 2 aromatic rings. The van der Waals surface area contributed by atoms with Crippen LogP contribution in [0.5, 0.6) is 0 Å². The van der Waals surface area contributed by atoms with E-state index >= 15 is 0 Å². The minimum absolute atomic E-state index is 0.144. The predicted molar refractivity (Wildman–Crippen MR) is 76.0 cm³/mol. The van der Waals surface area contributed by atoms with Crippen LogP contribution in [0.2, 0.25) is 0 Å². The zero-order chi connectivity index (χ0) is 13.8. The van der Waals surface area contributed by atoms with Gasteiger partial charge in [-0.1, -0.05) is 6.92 Å². The van der Waals surface area contributed by atoms with Crippen molar-refractivity contribution in [2.45, 2.75) is 26.8 Å². The molecule has 3 N–H and O–H groups in total. The number of nitrogens with two attached hydrogens (primary N) is 1. The van der Waals surface area contributed by atoms with Crippen LogP contribution in [0.3, 0.4) is 0 Å². The summed E-state index contributed by atoms with van der Waals surface area (Å²) in [4.78, 5) is 21.4. The van der Waals surface area contributed by atoms with Crippen molar-refractivity contribution < 1.29 is 4.79 Å². The van der Waals surface area contributed by atoms with E-state index in [0.29, 0.717) is 17.9 Å². The van der Waals surface area contributed by atoms with Gasteiger partial charge in [-0.3, -0.25) is 4.79 Å². The normalized spacial score (nSPS) is 10.4. The fourth-order valence-electron chi connectivity index (χ4n) is 1.68. The third kappa shape index (κ3) is 3.51. The van der Waals surface area contributed by atoms with Gasteiger partial charge in [-0.2, -0.15) is 0 Å². The number of amides is 1. The lowest BCUT2D eigenvalue weighted by Crippen LogP contribution is -2.22. The summed E-state index contributed by atoms with van der Waals surface area (Å²) in [6.07, 6.45) is 2.53. The van der Waals surface area contributed by atoms with Gasteiger partial charge in [-0.25, -0.2) is 9.97 Å². The summed E-state index contributed by atoms with van der Waals surface area (Å²) in [6.45, 7) is 4.39. The van der Waals surface area contributed by atoms with E-state index in [-0.39, 0.29) is 5.91 Å². The minimum Gasteiger partial charge on any atom is -0.384 e. The molecule has 0 aromatic carbocycles. The topological polar surface area (TPSA) is 80.9 Å². The van der Waals surface area contributed by atoms with Gasteiger partial charge in [-0.15, -0.1) is 11.3 Å². The van der Waals surface area contributed by atoms with Gasteiger partial charge in [0.1, 0.15) is 5.82 Å². The molecule has 1 amide bonds. The Bertz CT molecular complexity index is 594. The summed E-state index contributed by atoms with van der Waals surface area (Å²) < 4.78 is 0. The third-order valence-corrected chi connectivity index (χ3v) is 3.53. The van der Waals surface area contributed by atoms with Crippen molar-refractivity contribution in [3.05, 3.63) is 39.5 Å². The van der Waals surface area contributed by atoms with Gasteiger partial charge < -0.3 is 11.1 Å². The molecular weight excluding hydrogens is 260 g/mol. The monoisotopic (exact) mass is 276 g/mol. The van der Waals surface area contributed by atoms with Crippen LogP contribution in [0.15, 0.2) is 18.3 Å². The molecule has 0 saturated heterocycles. The van der Waals surface area contributed by atoms with E-state index in [2.05, 4.69) is 15.3 Å². The van der Waals surface area contributed by atoms with E-state index in [0.717, 1.165) is 22.0 Å². The Morgan fingerprint density at radius 2 is 2.26 bits per heavy atom. The average molecular weight is 276 g/mol. The quantitative estimate of drug-likeness (QED) is 0.894. The van der Waals surface area contributed by atoms with Crippen molar-refractivity contribution in [2.75, 3.05) is 5.73 Å². The molecule has 0 radical (unpaired) electrons. The summed E-state index contributed by atoms with van der Waals surface area (Å²) in [5, 5.41) is 3.85. The Labute approximate surface area is 115 Å². The Kier molecular flexibility index (Phi) is 4.11. The molecule has 0 spiro atoms. The summed E-state index contributed by atoms with van der Waals surface area (Å²) in [7, 11) is 0. The van der Waals surface area contributed by atoms with Gasteiger partial charge >= 0.3 is 0 Å². The lowest BCUT2D eigenvalue weighted by Gasteiger charge is -2.06. The van der Waals surface area contributed by atoms with Crippen molar-refractivity contribution in [3.8, 4) is 0 Å². The smallest absolute Gasteiger partial charge is 0.251 e. The second-order valence-electron chi connectivity index (χ2n) is 4.15. The second-order valence-corrected chi connectivity index (χ2v) is 5.47. The van der Waals surface area contributed by atoms with Gasteiger partial charge in [0.05, 0.1) is 11.6 Å². The largest absolute Gasteiger partial charge is 0.384 e. The SMILES string of the molecule is CCc1cc(C(=O)NCc2cnc(C)s2)cc(N)n1. The minimum atomic E-state index is -0.144. The van der Waals surface area contributed by atoms with Crippen LogP contribution in [0.25, 0.3) is 0 Å². The van der Waals surface area contributed by atoms with Crippen LogP contribution in [0.4, 0.5) is 5.82 Å². The summed E-state index contributed by atoms with van der Waals surface area (Å²) in [5.41, 5.74) is 7.05. The lowest BCUT2D eigenvalue weighted by atomic mass is 10.2. The van der Waals surface area contributed by atoms with Crippen LogP contribution in [0.1, 0.15) is 32.9 Å². The molecule has 0 fully saturated rings. The van der Waals surface area contributed by atoms with Crippen molar-refractivity contribution >= 4 is 23.1 Å². The molecule has 0 aliphatic carbocycles. The van der Waals surface area contributed by atoms with E-state index in [9.17, 15) is 4.79 Å².